The Morgan fingerprint density at radius 2 is 2.09 bits per heavy atom. The first-order valence-corrected chi connectivity index (χ1v) is 7.68. The average Bonchev–Trinajstić information content (AvgIpc) is 2.45. The number of hydrogen-bond donors (Lipinski definition) is 0. The van der Waals surface area contributed by atoms with Crippen molar-refractivity contribution in [3.63, 3.8) is 0 Å². The van der Waals surface area contributed by atoms with Gasteiger partial charge in [-0.15, -0.1) is 0 Å². The Morgan fingerprint density at radius 1 is 1.41 bits per heavy atom. The lowest BCUT2D eigenvalue weighted by atomic mass is 9.86. The standard InChI is InChI=1S/C18H24FNO2/c1-6-7-16(17(21)22-5)20-15-9-8-13(19)10-14(15)12(2)11-18(20,3)4/h8-11,16H,6-7H2,1-5H3/t16-/m0/s1. The molecule has 0 radical (unpaired) electrons. The number of esters is 1. The summed E-state index contributed by atoms with van der Waals surface area (Å²) in [6.45, 7) is 8.15. The van der Waals surface area contributed by atoms with Gasteiger partial charge in [0.1, 0.15) is 11.9 Å². The van der Waals surface area contributed by atoms with E-state index in [0.29, 0.717) is 6.42 Å². The van der Waals surface area contributed by atoms with Crippen molar-refractivity contribution in [1.82, 2.24) is 0 Å². The van der Waals surface area contributed by atoms with E-state index in [2.05, 4.69) is 24.8 Å². The van der Waals surface area contributed by atoms with E-state index in [4.69, 9.17) is 4.74 Å². The number of carbonyl (C=O) groups is 1. The first-order chi connectivity index (χ1) is 10.3. The fraction of sp³-hybridized carbons (Fsp3) is 0.500. The van der Waals surface area contributed by atoms with Gasteiger partial charge in [0, 0.05) is 11.3 Å². The van der Waals surface area contributed by atoms with Crippen molar-refractivity contribution in [3.8, 4) is 0 Å². The Morgan fingerprint density at radius 3 is 2.68 bits per heavy atom. The number of rotatable bonds is 4. The first kappa shape index (κ1) is 16.5. The van der Waals surface area contributed by atoms with E-state index in [1.165, 1.54) is 19.2 Å². The second kappa shape index (κ2) is 6.11. The summed E-state index contributed by atoms with van der Waals surface area (Å²) >= 11 is 0. The highest BCUT2D eigenvalue weighted by atomic mass is 19.1. The Balaban J connectivity index is 2.60. The van der Waals surface area contributed by atoms with Crippen molar-refractivity contribution in [2.75, 3.05) is 12.0 Å². The molecule has 0 saturated heterocycles. The fourth-order valence-electron chi connectivity index (χ4n) is 3.35. The largest absolute Gasteiger partial charge is 0.467 e. The molecular formula is C18H24FNO2. The Kier molecular flexibility index (Phi) is 4.59. The molecule has 22 heavy (non-hydrogen) atoms. The maximum absolute atomic E-state index is 13.6. The third-order valence-electron chi connectivity index (χ3n) is 4.18. The number of halogens is 1. The van der Waals surface area contributed by atoms with E-state index >= 15 is 0 Å². The van der Waals surface area contributed by atoms with Crippen LogP contribution in [0.5, 0.6) is 0 Å². The van der Waals surface area contributed by atoms with E-state index in [0.717, 1.165) is 23.2 Å². The number of hydrogen-bond acceptors (Lipinski definition) is 3. The van der Waals surface area contributed by atoms with Crippen LogP contribution in [-0.2, 0) is 9.53 Å². The van der Waals surface area contributed by atoms with Crippen molar-refractivity contribution in [2.45, 2.75) is 52.1 Å². The molecule has 0 aliphatic carbocycles. The smallest absolute Gasteiger partial charge is 0.328 e. The zero-order chi connectivity index (χ0) is 16.5. The SMILES string of the molecule is CCC[C@@H](C(=O)OC)N1c2ccc(F)cc2C(C)=CC1(C)C. The van der Waals surface area contributed by atoms with Crippen LogP contribution >= 0.6 is 0 Å². The van der Waals surface area contributed by atoms with Crippen LogP contribution in [0.25, 0.3) is 5.57 Å². The molecule has 3 nitrogen and oxygen atoms in total. The number of anilines is 1. The summed E-state index contributed by atoms with van der Waals surface area (Å²) in [5.41, 5.74) is 2.40. The Bertz CT molecular complexity index is 607. The van der Waals surface area contributed by atoms with Crippen LogP contribution in [-0.4, -0.2) is 24.7 Å². The molecule has 0 saturated carbocycles. The second-order valence-corrected chi connectivity index (χ2v) is 6.34. The lowest BCUT2D eigenvalue weighted by molar-refractivity contribution is -0.142. The molecule has 120 valence electrons. The molecule has 1 atom stereocenters. The topological polar surface area (TPSA) is 29.5 Å². The molecule has 0 fully saturated rings. The molecule has 0 N–H and O–H groups in total. The van der Waals surface area contributed by atoms with Crippen molar-refractivity contribution >= 4 is 17.2 Å². The summed E-state index contributed by atoms with van der Waals surface area (Å²) in [5.74, 6) is -0.519. The minimum atomic E-state index is -0.376. The van der Waals surface area contributed by atoms with Crippen molar-refractivity contribution in [1.29, 1.82) is 0 Å². The van der Waals surface area contributed by atoms with Gasteiger partial charge in [0.25, 0.3) is 0 Å². The third-order valence-corrected chi connectivity index (χ3v) is 4.18. The third kappa shape index (κ3) is 2.87. The maximum atomic E-state index is 13.6. The minimum absolute atomic E-state index is 0.252. The first-order valence-electron chi connectivity index (χ1n) is 7.68. The van der Waals surface area contributed by atoms with Crippen molar-refractivity contribution in [3.05, 3.63) is 35.7 Å². The van der Waals surface area contributed by atoms with Crippen LogP contribution in [0.2, 0.25) is 0 Å². The fourth-order valence-corrected chi connectivity index (χ4v) is 3.35. The van der Waals surface area contributed by atoms with Gasteiger partial charge in [-0.05, 0) is 51.0 Å². The van der Waals surface area contributed by atoms with Crippen LogP contribution in [0.3, 0.4) is 0 Å². The van der Waals surface area contributed by atoms with Gasteiger partial charge in [-0.25, -0.2) is 9.18 Å². The van der Waals surface area contributed by atoms with Crippen LogP contribution in [0.4, 0.5) is 10.1 Å². The van der Waals surface area contributed by atoms with E-state index in [9.17, 15) is 9.18 Å². The molecule has 1 aliphatic rings. The predicted molar refractivity (Wildman–Crippen MR) is 87.3 cm³/mol. The van der Waals surface area contributed by atoms with E-state index in [1.807, 2.05) is 13.8 Å². The van der Waals surface area contributed by atoms with Gasteiger partial charge in [0.15, 0.2) is 0 Å². The van der Waals surface area contributed by atoms with Gasteiger partial charge < -0.3 is 9.64 Å². The van der Waals surface area contributed by atoms with Gasteiger partial charge >= 0.3 is 5.97 Å². The number of nitrogens with zero attached hydrogens (tertiary/aromatic N) is 1. The molecule has 0 amide bonds. The van der Waals surface area contributed by atoms with Gasteiger partial charge in [-0.2, -0.15) is 0 Å². The molecule has 2 rings (SSSR count). The number of carbonyl (C=O) groups excluding carboxylic acids is 1. The summed E-state index contributed by atoms with van der Waals surface area (Å²) in [4.78, 5) is 14.3. The van der Waals surface area contributed by atoms with Gasteiger partial charge in [-0.1, -0.05) is 19.4 Å². The number of ether oxygens (including phenoxy) is 1. The molecule has 0 aromatic heterocycles. The molecule has 1 heterocycles. The zero-order valence-corrected chi connectivity index (χ0v) is 13.9. The highest BCUT2D eigenvalue weighted by Crippen LogP contribution is 2.41. The number of methoxy groups -OCH3 is 1. The quantitative estimate of drug-likeness (QED) is 0.782. The summed E-state index contributed by atoms with van der Waals surface area (Å²) in [6, 6.07) is 4.36. The van der Waals surface area contributed by atoms with E-state index in [1.54, 1.807) is 6.07 Å². The van der Waals surface area contributed by atoms with Gasteiger partial charge in [0.05, 0.1) is 12.6 Å². The van der Waals surface area contributed by atoms with Crippen LogP contribution in [0, 0.1) is 5.82 Å². The summed E-state index contributed by atoms with van der Waals surface area (Å²) in [7, 11) is 1.41. The summed E-state index contributed by atoms with van der Waals surface area (Å²) in [5, 5.41) is 0. The zero-order valence-electron chi connectivity index (χ0n) is 13.9. The molecule has 0 spiro atoms. The van der Waals surface area contributed by atoms with Crippen molar-refractivity contribution in [2.24, 2.45) is 0 Å². The average molecular weight is 305 g/mol. The Labute approximate surface area is 131 Å². The lowest BCUT2D eigenvalue weighted by Crippen LogP contribution is -2.54. The highest BCUT2D eigenvalue weighted by Gasteiger charge is 2.39. The van der Waals surface area contributed by atoms with Gasteiger partial charge in [0.2, 0.25) is 0 Å². The monoisotopic (exact) mass is 305 g/mol. The lowest BCUT2D eigenvalue weighted by Gasteiger charge is -2.46. The van der Waals surface area contributed by atoms with Gasteiger partial charge in [-0.3, -0.25) is 0 Å². The second-order valence-electron chi connectivity index (χ2n) is 6.34. The predicted octanol–water partition coefficient (Wildman–Crippen LogP) is 4.17. The van der Waals surface area contributed by atoms with Crippen molar-refractivity contribution < 1.29 is 13.9 Å². The number of fused-ring (bicyclic) bond motifs is 1. The van der Waals surface area contributed by atoms with Crippen LogP contribution < -0.4 is 4.90 Å². The summed E-state index contributed by atoms with van der Waals surface area (Å²) < 4.78 is 18.6. The summed E-state index contributed by atoms with van der Waals surface area (Å²) in [6.07, 6.45) is 3.64. The molecule has 1 aromatic carbocycles. The van der Waals surface area contributed by atoms with Crippen LogP contribution in [0.1, 0.15) is 46.1 Å². The van der Waals surface area contributed by atoms with E-state index < -0.39 is 0 Å². The minimum Gasteiger partial charge on any atom is -0.467 e. The number of benzene rings is 1. The molecule has 4 heteroatoms. The highest BCUT2D eigenvalue weighted by molar-refractivity contribution is 5.87. The molecular weight excluding hydrogens is 281 g/mol. The molecule has 1 aromatic rings. The van der Waals surface area contributed by atoms with E-state index in [-0.39, 0.29) is 23.4 Å². The van der Waals surface area contributed by atoms with Crippen LogP contribution in [0.15, 0.2) is 24.3 Å². The Hall–Kier alpha value is -1.84. The normalized spacial score (nSPS) is 17.5. The molecule has 1 aliphatic heterocycles. The molecule has 0 bridgehead atoms. The molecule has 0 unspecified atom stereocenters. The maximum Gasteiger partial charge on any atom is 0.328 e. The number of allylic oxidation sites excluding steroid dienone is 1.